The number of aromatic nitrogens is 2. The second-order valence-corrected chi connectivity index (χ2v) is 7.08. The molecular formula is C22H24N4O. The van der Waals surface area contributed by atoms with Crippen LogP contribution < -0.4 is 10.6 Å². The van der Waals surface area contributed by atoms with Crippen LogP contribution in [0, 0.1) is 0 Å². The lowest BCUT2D eigenvalue weighted by Gasteiger charge is -2.30. The Morgan fingerprint density at radius 1 is 1.00 bits per heavy atom. The van der Waals surface area contributed by atoms with Crippen LogP contribution in [0.5, 0.6) is 0 Å². The summed E-state index contributed by atoms with van der Waals surface area (Å²) < 4.78 is 0. The molecule has 0 radical (unpaired) electrons. The first-order valence-corrected chi connectivity index (χ1v) is 9.51. The maximum atomic E-state index is 12.5. The van der Waals surface area contributed by atoms with Crippen molar-refractivity contribution < 1.29 is 4.79 Å². The number of nitrogens with zero attached hydrogens (tertiary/aromatic N) is 1. The van der Waals surface area contributed by atoms with E-state index in [2.05, 4.69) is 45.1 Å². The SMILES string of the molecule is O=C(Nc1c[nH]nc1-c1ccccc1)NC1CCCC(c2ccccc2)C1. The van der Waals surface area contributed by atoms with Crippen LogP contribution in [0.25, 0.3) is 11.3 Å². The van der Waals surface area contributed by atoms with E-state index < -0.39 is 0 Å². The van der Waals surface area contributed by atoms with Crippen LogP contribution in [-0.2, 0) is 0 Å². The highest BCUT2D eigenvalue weighted by Gasteiger charge is 2.24. The van der Waals surface area contributed by atoms with Crippen molar-refractivity contribution in [2.24, 2.45) is 0 Å². The normalized spacial score (nSPS) is 19.4. The fraction of sp³-hybridized carbons (Fsp3) is 0.273. The quantitative estimate of drug-likeness (QED) is 0.618. The van der Waals surface area contributed by atoms with Gasteiger partial charge in [-0.05, 0) is 30.7 Å². The summed E-state index contributed by atoms with van der Waals surface area (Å²) in [5, 5.41) is 13.2. The molecule has 0 saturated heterocycles. The molecule has 2 amide bonds. The van der Waals surface area contributed by atoms with E-state index >= 15 is 0 Å². The van der Waals surface area contributed by atoms with Crippen molar-refractivity contribution in [1.82, 2.24) is 15.5 Å². The average Bonchev–Trinajstić information content (AvgIpc) is 3.17. The first kappa shape index (κ1) is 17.3. The van der Waals surface area contributed by atoms with Crippen molar-refractivity contribution in [3.05, 3.63) is 72.4 Å². The Morgan fingerprint density at radius 3 is 2.52 bits per heavy atom. The molecule has 1 aromatic heterocycles. The van der Waals surface area contributed by atoms with Crippen LogP contribution in [0.2, 0.25) is 0 Å². The number of amides is 2. The third-order valence-corrected chi connectivity index (χ3v) is 5.22. The Hall–Kier alpha value is -3.08. The Kier molecular flexibility index (Phi) is 5.19. The van der Waals surface area contributed by atoms with Crippen LogP contribution in [0.4, 0.5) is 10.5 Å². The Balaban J connectivity index is 1.38. The maximum absolute atomic E-state index is 12.5. The van der Waals surface area contributed by atoms with Crippen LogP contribution in [0.3, 0.4) is 0 Å². The van der Waals surface area contributed by atoms with E-state index in [9.17, 15) is 4.79 Å². The molecule has 2 aromatic carbocycles. The van der Waals surface area contributed by atoms with Crippen molar-refractivity contribution in [3.8, 4) is 11.3 Å². The zero-order valence-electron chi connectivity index (χ0n) is 15.2. The Morgan fingerprint density at radius 2 is 1.74 bits per heavy atom. The van der Waals surface area contributed by atoms with Gasteiger partial charge in [-0.1, -0.05) is 67.1 Å². The van der Waals surface area contributed by atoms with Crippen molar-refractivity contribution in [2.45, 2.75) is 37.6 Å². The van der Waals surface area contributed by atoms with Gasteiger partial charge in [0.05, 0.1) is 5.69 Å². The minimum absolute atomic E-state index is 0.174. The number of carbonyl (C=O) groups is 1. The van der Waals surface area contributed by atoms with Crippen LogP contribution >= 0.6 is 0 Å². The molecule has 1 heterocycles. The van der Waals surface area contributed by atoms with Gasteiger partial charge in [-0.3, -0.25) is 5.10 Å². The summed E-state index contributed by atoms with van der Waals surface area (Å²) in [6.45, 7) is 0. The number of aromatic amines is 1. The van der Waals surface area contributed by atoms with E-state index in [4.69, 9.17) is 0 Å². The van der Waals surface area contributed by atoms with E-state index in [1.807, 2.05) is 36.4 Å². The van der Waals surface area contributed by atoms with E-state index in [1.54, 1.807) is 6.20 Å². The molecule has 3 N–H and O–H groups in total. The molecule has 4 rings (SSSR count). The molecular weight excluding hydrogens is 336 g/mol. The molecule has 1 aliphatic carbocycles. The number of H-pyrrole nitrogens is 1. The molecule has 0 spiro atoms. The minimum atomic E-state index is -0.174. The fourth-order valence-electron chi connectivity index (χ4n) is 3.89. The van der Waals surface area contributed by atoms with Gasteiger partial charge in [-0.15, -0.1) is 0 Å². The van der Waals surface area contributed by atoms with E-state index in [0.717, 1.165) is 30.5 Å². The summed E-state index contributed by atoms with van der Waals surface area (Å²) in [6.07, 6.45) is 6.03. The third-order valence-electron chi connectivity index (χ3n) is 5.22. The molecule has 2 atom stereocenters. The van der Waals surface area contributed by atoms with Crippen molar-refractivity contribution >= 4 is 11.7 Å². The van der Waals surface area contributed by atoms with E-state index in [-0.39, 0.29) is 12.1 Å². The topological polar surface area (TPSA) is 69.8 Å². The molecule has 27 heavy (non-hydrogen) atoms. The summed E-state index contributed by atoms with van der Waals surface area (Å²) in [5.41, 5.74) is 3.77. The fourth-order valence-corrected chi connectivity index (χ4v) is 3.89. The number of carbonyl (C=O) groups excluding carboxylic acids is 1. The van der Waals surface area contributed by atoms with Gasteiger partial charge in [0.15, 0.2) is 0 Å². The number of hydrogen-bond acceptors (Lipinski definition) is 2. The van der Waals surface area contributed by atoms with E-state index in [1.165, 1.54) is 12.0 Å². The van der Waals surface area contributed by atoms with Crippen LogP contribution in [-0.4, -0.2) is 22.3 Å². The summed E-state index contributed by atoms with van der Waals surface area (Å²) in [7, 11) is 0. The summed E-state index contributed by atoms with van der Waals surface area (Å²) in [4.78, 5) is 12.5. The molecule has 138 valence electrons. The largest absolute Gasteiger partial charge is 0.335 e. The van der Waals surface area contributed by atoms with Crippen molar-refractivity contribution in [2.75, 3.05) is 5.32 Å². The lowest BCUT2D eigenvalue weighted by atomic mass is 9.81. The van der Waals surface area contributed by atoms with Gasteiger partial charge < -0.3 is 10.6 Å². The molecule has 0 aliphatic heterocycles. The lowest BCUT2D eigenvalue weighted by Crippen LogP contribution is -2.40. The number of nitrogens with one attached hydrogen (secondary N) is 3. The molecule has 1 aliphatic rings. The minimum Gasteiger partial charge on any atom is -0.335 e. The standard InChI is InChI=1S/C22H24N4O/c27-22(25-20-15-23-26-21(20)17-10-5-2-6-11-17)24-19-13-7-12-18(14-19)16-8-3-1-4-9-16/h1-6,8-11,15,18-19H,7,12-14H2,(H,23,26)(H2,24,25,27). The average molecular weight is 360 g/mol. The lowest BCUT2D eigenvalue weighted by molar-refractivity contribution is 0.242. The zero-order valence-corrected chi connectivity index (χ0v) is 15.2. The van der Waals surface area contributed by atoms with Gasteiger partial charge in [-0.25, -0.2) is 4.79 Å². The third kappa shape index (κ3) is 4.19. The Labute approximate surface area is 159 Å². The van der Waals surface area contributed by atoms with Crippen molar-refractivity contribution in [3.63, 3.8) is 0 Å². The molecule has 0 bridgehead atoms. The van der Waals surface area contributed by atoms with Crippen LogP contribution in [0.15, 0.2) is 66.9 Å². The smallest absolute Gasteiger partial charge is 0.319 e. The highest BCUT2D eigenvalue weighted by molar-refractivity contribution is 5.93. The van der Waals surface area contributed by atoms with Gasteiger partial charge in [0.25, 0.3) is 0 Å². The summed E-state index contributed by atoms with van der Waals surface area (Å²) >= 11 is 0. The molecule has 5 nitrogen and oxygen atoms in total. The van der Waals surface area contributed by atoms with Gasteiger partial charge >= 0.3 is 6.03 Å². The monoisotopic (exact) mass is 360 g/mol. The second kappa shape index (κ2) is 8.08. The number of hydrogen-bond donors (Lipinski definition) is 3. The summed E-state index contributed by atoms with van der Waals surface area (Å²) in [6, 6.07) is 20.4. The molecule has 5 heteroatoms. The first-order chi connectivity index (χ1) is 13.3. The molecule has 1 fully saturated rings. The highest BCUT2D eigenvalue weighted by Crippen LogP contribution is 2.33. The predicted octanol–water partition coefficient (Wildman–Crippen LogP) is 4.92. The Bertz CT molecular complexity index is 876. The van der Waals surface area contributed by atoms with Gasteiger partial charge in [0.2, 0.25) is 0 Å². The van der Waals surface area contributed by atoms with E-state index in [0.29, 0.717) is 11.6 Å². The second-order valence-electron chi connectivity index (χ2n) is 7.08. The van der Waals surface area contributed by atoms with Crippen LogP contribution in [0.1, 0.15) is 37.2 Å². The molecule has 2 unspecified atom stereocenters. The summed E-state index contributed by atoms with van der Waals surface area (Å²) in [5.74, 6) is 0.513. The van der Waals surface area contributed by atoms with Gasteiger partial charge in [0, 0.05) is 17.8 Å². The number of urea groups is 1. The number of anilines is 1. The van der Waals surface area contributed by atoms with Gasteiger partial charge in [-0.2, -0.15) is 5.10 Å². The van der Waals surface area contributed by atoms with Crippen molar-refractivity contribution in [1.29, 1.82) is 0 Å². The highest BCUT2D eigenvalue weighted by atomic mass is 16.2. The van der Waals surface area contributed by atoms with Gasteiger partial charge in [0.1, 0.15) is 5.69 Å². The molecule has 3 aromatic rings. The predicted molar refractivity (Wildman–Crippen MR) is 108 cm³/mol. The first-order valence-electron chi connectivity index (χ1n) is 9.51. The number of benzene rings is 2. The molecule has 1 saturated carbocycles. The maximum Gasteiger partial charge on any atom is 0.319 e. The zero-order chi connectivity index (χ0) is 18.5. The number of rotatable bonds is 4.